The fraction of sp³-hybridized carbons (Fsp3) is 0.188. The lowest BCUT2D eigenvalue weighted by Crippen LogP contribution is -2.47. The quantitative estimate of drug-likeness (QED) is 0.869. The Hall–Kier alpha value is -1.52. The summed E-state index contributed by atoms with van der Waals surface area (Å²) in [7, 11) is 0. The first-order valence-electron chi connectivity index (χ1n) is 6.62. The Morgan fingerprint density at radius 2 is 1.95 bits per heavy atom. The van der Waals surface area contributed by atoms with E-state index in [1.165, 1.54) is 0 Å². The van der Waals surface area contributed by atoms with Gasteiger partial charge in [-0.25, -0.2) is 0 Å². The van der Waals surface area contributed by atoms with Crippen molar-refractivity contribution in [3.63, 3.8) is 0 Å². The van der Waals surface area contributed by atoms with Crippen molar-refractivity contribution in [2.45, 2.75) is 12.5 Å². The van der Waals surface area contributed by atoms with Gasteiger partial charge in [-0.1, -0.05) is 45.7 Å². The zero-order valence-electron chi connectivity index (χ0n) is 11.6. The molecule has 0 aromatic heterocycles. The van der Waals surface area contributed by atoms with Gasteiger partial charge in [-0.3, -0.25) is 4.99 Å². The molecule has 2 aromatic carbocycles. The molecule has 108 valence electrons. The molecule has 3 rings (SSSR count). The van der Waals surface area contributed by atoms with Crippen LogP contribution in [0, 0.1) is 0 Å². The molecule has 1 aliphatic heterocycles. The standard InChI is InChI=1S/C16H15BrClN3/c1-16(11-5-7-12(17)8-6-11)10-20-15(19)21(16)14-4-2-3-13(18)9-14/h2-9H,10H2,1H3,(H2,19,20). The summed E-state index contributed by atoms with van der Waals surface area (Å²) in [6.07, 6.45) is 0. The van der Waals surface area contributed by atoms with Crippen LogP contribution in [0.2, 0.25) is 5.02 Å². The normalized spacial score (nSPS) is 21.5. The molecule has 0 aliphatic carbocycles. The van der Waals surface area contributed by atoms with E-state index in [-0.39, 0.29) is 5.54 Å². The number of benzene rings is 2. The van der Waals surface area contributed by atoms with Gasteiger partial charge in [0.05, 0.1) is 12.1 Å². The second-order valence-electron chi connectivity index (χ2n) is 5.27. The summed E-state index contributed by atoms with van der Waals surface area (Å²) in [5, 5.41) is 0.686. The summed E-state index contributed by atoms with van der Waals surface area (Å²) in [5.74, 6) is 0.516. The lowest BCUT2D eigenvalue weighted by molar-refractivity contribution is 0.533. The Labute approximate surface area is 137 Å². The second-order valence-corrected chi connectivity index (χ2v) is 6.62. The molecule has 1 aliphatic rings. The smallest absolute Gasteiger partial charge is 0.196 e. The largest absolute Gasteiger partial charge is 0.369 e. The molecule has 2 aromatic rings. The molecule has 1 atom stereocenters. The van der Waals surface area contributed by atoms with Gasteiger partial charge < -0.3 is 10.6 Å². The molecule has 1 unspecified atom stereocenters. The van der Waals surface area contributed by atoms with Crippen LogP contribution in [0.25, 0.3) is 0 Å². The highest BCUT2D eigenvalue weighted by Gasteiger charge is 2.40. The van der Waals surface area contributed by atoms with Crippen molar-refractivity contribution in [1.29, 1.82) is 0 Å². The predicted molar refractivity (Wildman–Crippen MR) is 91.9 cm³/mol. The van der Waals surface area contributed by atoms with Crippen molar-refractivity contribution in [2.24, 2.45) is 10.7 Å². The van der Waals surface area contributed by atoms with Crippen LogP contribution in [-0.4, -0.2) is 12.5 Å². The topological polar surface area (TPSA) is 41.6 Å². The number of nitrogens with zero attached hydrogens (tertiary/aromatic N) is 2. The molecular weight excluding hydrogens is 350 g/mol. The third kappa shape index (κ3) is 2.54. The number of rotatable bonds is 2. The van der Waals surface area contributed by atoms with E-state index >= 15 is 0 Å². The first-order valence-corrected chi connectivity index (χ1v) is 7.79. The first-order chi connectivity index (χ1) is 10.0. The second kappa shape index (κ2) is 5.35. The minimum absolute atomic E-state index is 0.310. The minimum atomic E-state index is -0.310. The predicted octanol–water partition coefficient (Wildman–Crippen LogP) is 4.15. The number of halogens is 2. The van der Waals surface area contributed by atoms with Gasteiger partial charge in [0.25, 0.3) is 0 Å². The highest BCUT2D eigenvalue weighted by molar-refractivity contribution is 9.10. The van der Waals surface area contributed by atoms with Gasteiger partial charge in [0.2, 0.25) is 0 Å². The van der Waals surface area contributed by atoms with Gasteiger partial charge in [-0.2, -0.15) is 0 Å². The fourth-order valence-electron chi connectivity index (χ4n) is 2.69. The van der Waals surface area contributed by atoms with E-state index in [0.717, 1.165) is 15.7 Å². The average Bonchev–Trinajstić information content (AvgIpc) is 2.76. The van der Waals surface area contributed by atoms with E-state index in [0.29, 0.717) is 17.5 Å². The number of aliphatic imine (C=N–C) groups is 1. The van der Waals surface area contributed by atoms with E-state index in [9.17, 15) is 0 Å². The third-order valence-corrected chi connectivity index (χ3v) is 4.57. The van der Waals surface area contributed by atoms with Gasteiger partial charge >= 0.3 is 0 Å². The van der Waals surface area contributed by atoms with Crippen molar-refractivity contribution in [3.8, 4) is 0 Å². The number of guanidine groups is 1. The molecular formula is C16H15BrClN3. The summed E-state index contributed by atoms with van der Waals surface area (Å²) in [4.78, 5) is 6.48. The molecule has 21 heavy (non-hydrogen) atoms. The van der Waals surface area contributed by atoms with Crippen molar-refractivity contribution >= 4 is 39.2 Å². The van der Waals surface area contributed by atoms with Crippen molar-refractivity contribution < 1.29 is 0 Å². The molecule has 0 radical (unpaired) electrons. The molecule has 1 heterocycles. The molecule has 3 nitrogen and oxygen atoms in total. The molecule has 0 saturated carbocycles. The maximum absolute atomic E-state index is 6.13. The Balaban J connectivity index is 2.07. The number of hydrogen-bond donors (Lipinski definition) is 1. The fourth-order valence-corrected chi connectivity index (χ4v) is 3.14. The van der Waals surface area contributed by atoms with Crippen LogP contribution in [-0.2, 0) is 5.54 Å². The van der Waals surface area contributed by atoms with Gasteiger partial charge in [0.15, 0.2) is 5.96 Å². The maximum Gasteiger partial charge on any atom is 0.196 e. The number of hydrogen-bond acceptors (Lipinski definition) is 3. The van der Waals surface area contributed by atoms with Gasteiger partial charge in [0, 0.05) is 15.2 Å². The summed E-state index contributed by atoms with van der Waals surface area (Å²) < 4.78 is 1.05. The van der Waals surface area contributed by atoms with Crippen LogP contribution < -0.4 is 10.6 Å². The minimum Gasteiger partial charge on any atom is -0.369 e. The van der Waals surface area contributed by atoms with E-state index < -0.39 is 0 Å². The Morgan fingerprint density at radius 1 is 1.24 bits per heavy atom. The highest BCUT2D eigenvalue weighted by atomic mass is 79.9. The SMILES string of the molecule is CC1(c2ccc(Br)cc2)CN=C(N)N1c1cccc(Cl)c1. The third-order valence-electron chi connectivity index (χ3n) is 3.80. The molecule has 0 spiro atoms. The maximum atomic E-state index is 6.13. The molecule has 0 bridgehead atoms. The van der Waals surface area contributed by atoms with E-state index in [4.69, 9.17) is 17.3 Å². The van der Waals surface area contributed by atoms with Gasteiger partial charge in [0.1, 0.15) is 0 Å². The molecule has 0 saturated heterocycles. The number of nitrogens with two attached hydrogens (primary N) is 1. The summed E-state index contributed by atoms with van der Waals surface area (Å²) >= 11 is 9.59. The van der Waals surface area contributed by atoms with E-state index in [1.54, 1.807) is 0 Å². The van der Waals surface area contributed by atoms with Crippen molar-refractivity contribution in [1.82, 2.24) is 0 Å². The van der Waals surface area contributed by atoms with Crippen LogP contribution in [0.1, 0.15) is 12.5 Å². The Kier molecular flexibility index (Phi) is 3.68. The lowest BCUT2D eigenvalue weighted by atomic mass is 9.90. The van der Waals surface area contributed by atoms with Crippen LogP contribution in [0.4, 0.5) is 5.69 Å². The van der Waals surface area contributed by atoms with Crippen LogP contribution >= 0.6 is 27.5 Å². The first kappa shape index (κ1) is 14.4. The molecule has 2 N–H and O–H groups in total. The Morgan fingerprint density at radius 3 is 2.62 bits per heavy atom. The van der Waals surface area contributed by atoms with E-state index in [1.807, 2.05) is 41.3 Å². The summed E-state index contributed by atoms with van der Waals surface area (Å²) in [5.41, 5.74) is 7.93. The zero-order valence-corrected chi connectivity index (χ0v) is 13.9. The summed E-state index contributed by atoms with van der Waals surface area (Å²) in [6.45, 7) is 2.76. The zero-order chi connectivity index (χ0) is 15.0. The van der Waals surface area contributed by atoms with Crippen molar-refractivity contribution in [3.05, 3.63) is 63.6 Å². The van der Waals surface area contributed by atoms with Crippen LogP contribution in [0.15, 0.2) is 58.0 Å². The van der Waals surface area contributed by atoms with Gasteiger partial charge in [-0.15, -0.1) is 0 Å². The number of anilines is 1. The molecule has 0 fully saturated rings. The van der Waals surface area contributed by atoms with Gasteiger partial charge in [-0.05, 0) is 42.8 Å². The summed E-state index contributed by atoms with van der Waals surface area (Å²) in [6, 6.07) is 15.9. The molecule has 5 heteroatoms. The van der Waals surface area contributed by atoms with Crippen LogP contribution in [0.5, 0.6) is 0 Å². The van der Waals surface area contributed by atoms with Crippen molar-refractivity contribution in [2.75, 3.05) is 11.4 Å². The highest BCUT2D eigenvalue weighted by Crippen LogP contribution is 2.37. The average molecular weight is 365 g/mol. The van der Waals surface area contributed by atoms with E-state index in [2.05, 4.69) is 40.0 Å². The van der Waals surface area contributed by atoms with Crippen LogP contribution in [0.3, 0.4) is 0 Å². The lowest BCUT2D eigenvalue weighted by Gasteiger charge is -2.36. The molecule has 0 amide bonds. The monoisotopic (exact) mass is 363 g/mol. The Bertz CT molecular complexity index is 699.